The van der Waals surface area contributed by atoms with Crippen LogP contribution in [0.2, 0.25) is 0 Å². The molecule has 1 amide bonds. The van der Waals surface area contributed by atoms with Crippen LogP contribution in [-0.4, -0.2) is 91.8 Å². The number of aromatic nitrogens is 2. The van der Waals surface area contributed by atoms with E-state index in [0.717, 1.165) is 49.4 Å². The highest BCUT2D eigenvalue weighted by Crippen LogP contribution is 2.46. The number of alkyl halides is 1. The lowest BCUT2D eigenvalue weighted by atomic mass is 9.99. The molecule has 3 aliphatic rings. The first kappa shape index (κ1) is 30.8. The zero-order chi connectivity index (χ0) is 31.6. The summed E-state index contributed by atoms with van der Waals surface area (Å²) < 4.78 is 19.1. The van der Waals surface area contributed by atoms with Gasteiger partial charge in [0.2, 0.25) is 5.91 Å². The number of carbonyl (C=O) groups excluding carboxylic acids is 1. The molecule has 6 rings (SSSR count). The number of benzene rings is 2. The number of aryl methyl sites for hydroxylation is 1. The number of carbonyl (C=O) groups is 1. The van der Waals surface area contributed by atoms with E-state index in [1.807, 2.05) is 0 Å². The van der Waals surface area contributed by atoms with E-state index in [-0.39, 0.29) is 23.8 Å². The van der Waals surface area contributed by atoms with Crippen molar-refractivity contribution in [2.45, 2.75) is 45.2 Å². The highest BCUT2D eigenvalue weighted by Gasteiger charge is 2.44. The summed E-state index contributed by atoms with van der Waals surface area (Å²) in [4.78, 5) is 31.3. The normalized spacial score (nSPS) is 19.2. The van der Waals surface area contributed by atoms with Crippen molar-refractivity contribution in [2.75, 3.05) is 69.9 Å². The van der Waals surface area contributed by atoms with Gasteiger partial charge in [0.05, 0.1) is 37.4 Å². The molecule has 1 saturated heterocycles. The maximum Gasteiger partial charge on any atom is 0.318 e. The van der Waals surface area contributed by atoms with E-state index in [1.54, 1.807) is 4.90 Å². The molecule has 45 heavy (non-hydrogen) atoms. The first-order valence-electron chi connectivity index (χ1n) is 15.9. The highest BCUT2D eigenvalue weighted by atomic mass is 19.1. The van der Waals surface area contributed by atoms with E-state index in [9.17, 15) is 14.4 Å². The number of hydrogen-bond acceptors (Lipinski definition) is 8. The second-order valence-corrected chi connectivity index (χ2v) is 13.0. The highest BCUT2D eigenvalue weighted by molar-refractivity contribution is 5.97. The predicted octanol–water partition coefficient (Wildman–Crippen LogP) is 4.68. The lowest BCUT2D eigenvalue weighted by molar-refractivity contribution is -0.128. The Labute approximate surface area is 264 Å². The van der Waals surface area contributed by atoms with E-state index in [4.69, 9.17) is 14.7 Å². The molecule has 2 fully saturated rings. The van der Waals surface area contributed by atoms with E-state index >= 15 is 0 Å². The third kappa shape index (κ3) is 6.59. The van der Waals surface area contributed by atoms with E-state index < -0.39 is 6.67 Å². The van der Waals surface area contributed by atoms with Gasteiger partial charge in [-0.2, -0.15) is 15.2 Å². The van der Waals surface area contributed by atoms with Crippen LogP contribution in [-0.2, 0) is 17.8 Å². The fraction of sp³-hybridized carbons (Fsp3) is 0.486. The quantitative estimate of drug-likeness (QED) is 0.306. The fourth-order valence-corrected chi connectivity index (χ4v) is 6.96. The number of fused-ring (bicyclic) bond motifs is 2. The summed E-state index contributed by atoms with van der Waals surface area (Å²) in [6, 6.07) is 15.2. The summed E-state index contributed by atoms with van der Waals surface area (Å²) in [5, 5.41) is 12.1. The Morgan fingerprint density at radius 3 is 2.69 bits per heavy atom. The number of anilines is 2. The Bertz CT molecular complexity index is 1620. The first-order chi connectivity index (χ1) is 21.8. The van der Waals surface area contributed by atoms with Crippen LogP contribution in [0, 0.1) is 23.7 Å². The molecule has 1 atom stereocenters. The lowest BCUT2D eigenvalue weighted by Crippen LogP contribution is -2.55. The number of amides is 1. The van der Waals surface area contributed by atoms with Crippen molar-refractivity contribution >= 4 is 28.2 Å². The Balaban J connectivity index is 1.32. The van der Waals surface area contributed by atoms with E-state index in [0.29, 0.717) is 38.8 Å². The van der Waals surface area contributed by atoms with Crippen molar-refractivity contribution in [1.82, 2.24) is 19.8 Å². The Kier molecular flexibility index (Phi) is 8.90. The fourth-order valence-electron chi connectivity index (χ4n) is 6.96. The second kappa shape index (κ2) is 13.0. The molecule has 0 spiro atoms. The lowest BCUT2D eigenvalue weighted by Gasteiger charge is -2.42. The topological polar surface area (TPSA) is 88.8 Å². The van der Waals surface area contributed by atoms with Gasteiger partial charge in [0.1, 0.15) is 12.5 Å². The third-order valence-corrected chi connectivity index (χ3v) is 9.31. The molecule has 9 nitrogen and oxygen atoms in total. The molecule has 2 aliphatic heterocycles. The summed E-state index contributed by atoms with van der Waals surface area (Å²) in [5.74, 6) is 0.563. The van der Waals surface area contributed by atoms with Crippen molar-refractivity contribution < 1.29 is 13.9 Å². The molecule has 1 saturated carbocycles. The molecule has 10 heteroatoms. The number of rotatable bonds is 10. The van der Waals surface area contributed by atoms with Gasteiger partial charge >= 0.3 is 6.01 Å². The van der Waals surface area contributed by atoms with Gasteiger partial charge in [-0.1, -0.05) is 30.3 Å². The van der Waals surface area contributed by atoms with Gasteiger partial charge in [0.15, 0.2) is 0 Å². The van der Waals surface area contributed by atoms with Gasteiger partial charge in [-0.05, 0) is 63.4 Å². The third-order valence-electron chi connectivity index (χ3n) is 9.31. The standard InChI is InChI=1S/C35H42FN7O2/c1-25-7-4-8-26-9-5-10-30(32(25)26)41-18-13-28-29(22-41)38-34(45-24-35(14-15-35)23-40(2)3)39-33(28)42-19-20-43(27(21-42)12-17-37)31(44)11-6-16-36/h4-11,27H,12-16,18-24H2,1-3H3/b11-6+/t27-/m0/s1. The molecular weight excluding hydrogens is 569 g/mol. The van der Waals surface area contributed by atoms with Crippen LogP contribution >= 0.6 is 0 Å². The molecule has 0 unspecified atom stereocenters. The van der Waals surface area contributed by atoms with Gasteiger partial charge < -0.3 is 24.3 Å². The molecule has 0 radical (unpaired) electrons. The zero-order valence-electron chi connectivity index (χ0n) is 26.5. The van der Waals surface area contributed by atoms with Crippen LogP contribution in [0.3, 0.4) is 0 Å². The van der Waals surface area contributed by atoms with Crippen LogP contribution < -0.4 is 14.5 Å². The second-order valence-electron chi connectivity index (χ2n) is 13.0. The molecule has 236 valence electrons. The Hall–Kier alpha value is -4.23. The predicted molar refractivity (Wildman–Crippen MR) is 174 cm³/mol. The van der Waals surface area contributed by atoms with Crippen molar-refractivity contribution in [3.63, 3.8) is 0 Å². The van der Waals surface area contributed by atoms with Gasteiger partial charge in [-0.3, -0.25) is 4.79 Å². The number of hydrogen-bond donors (Lipinski definition) is 0. The van der Waals surface area contributed by atoms with Crippen LogP contribution in [0.1, 0.15) is 36.1 Å². The largest absolute Gasteiger partial charge is 0.463 e. The number of nitriles is 1. The van der Waals surface area contributed by atoms with Crippen LogP contribution in [0.25, 0.3) is 10.8 Å². The van der Waals surface area contributed by atoms with Crippen LogP contribution in [0.15, 0.2) is 48.6 Å². The molecule has 2 aromatic carbocycles. The average molecular weight is 612 g/mol. The van der Waals surface area contributed by atoms with Gasteiger partial charge in [-0.15, -0.1) is 0 Å². The van der Waals surface area contributed by atoms with Crippen LogP contribution in [0.5, 0.6) is 6.01 Å². The maximum atomic E-state index is 12.8. The Morgan fingerprint density at radius 1 is 1.16 bits per heavy atom. The minimum Gasteiger partial charge on any atom is -0.463 e. The monoisotopic (exact) mass is 611 g/mol. The van der Waals surface area contributed by atoms with Gasteiger partial charge in [-0.25, -0.2) is 4.39 Å². The van der Waals surface area contributed by atoms with Crippen molar-refractivity contribution in [3.05, 3.63) is 65.4 Å². The minimum absolute atomic E-state index is 0.131. The molecule has 0 N–H and O–H groups in total. The van der Waals surface area contributed by atoms with Gasteiger partial charge in [0, 0.05) is 60.9 Å². The molecule has 3 aromatic rings. The molecular formula is C35H42FN7O2. The number of ether oxygens (including phenoxy) is 1. The molecule has 1 aromatic heterocycles. The van der Waals surface area contributed by atoms with Gasteiger partial charge in [0.25, 0.3) is 0 Å². The summed E-state index contributed by atoms with van der Waals surface area (Å²) in [7, 11) is 4.18. The van der Waals surface area contributed by atoms with E-state index in [2.05, 4.69) is 78.2 Å². The van der Waals surface area contributed by atoms with E-state index in [1.165, 1.54) is 34.2 Å². The molecule has 3 heterocycles. The number of nitrogens with zero attached hydrogens (tertiary/aromatic N) is 7. The maximum absolute atomic E-state index is 12.8. The summed E-state index contributed by atoms with van der Waals surface area (Å²) in [6.07, 6.45) is 5.68. The zero-order valence-corrected chi connectivity index (χ0v) is 26.5. The summed E-state index contributed by atoms with van der Waals surface area (Å²) >= 11 is 0. The Morgan fingerprint density at radius 2 is 1.96 bits per heavy atom. The minimum atomic E-state index is -0.699. The summed E-state index contributed by atoms with van der Waals surface area (Å²) in [6.45, 7) is 5.87. The number of piperazine rings is 1. The van der Waals surface area contributed by atoms with Crippen molar-refractivity contribution in [1.29, 1.82) is 5.26 Å². The smallest absolute Gasteiger partial charge is 0.318 e. The number of halogens is 1. The average Bonchev–Trinajstić information content (AvgIpc) is 3.80. The van der Waals surface area contributed by atoms with Crippen molar-refractivity contribution in [2.24, 2.45) is 5.41 Å². The number of allylic oxidation sites excluding steroid dienone is 1. The van der Waals surface area contributed by atoms with Crippen LogP contribution in [0.4, 0.5) is 15.9 Å². The molecule has 0 bridgehead atoms. The molecule has 1 aliphatic carbocycles. The SMILES string of the molecule is Cc1cccc2cccc(N3CCc4c(nc(OCC5(CN(C)C)CC5)nc4N4CCN(C(=O)/C=C/CF)[C@@H](CC#N)C4)C3)c12. The van der Waals surface area contributed by atoms with Crippen molar-refractivity contribution in [3.8, 4) is 12.1 Å². The summed E-state index contributed by atoms with van der Waals surface area (Å²) in [5.41, 5.74) is 4.62. The first-order valence-corrected chi connectivity index (χ1v) is 15.9.